The number of aromatic nitrogens is 4. The number of rotatable bonds is 8. The number of nitrogens with one attached hydrogen (secondary N) is 2. The maximum Gasteiger partial charge on any atom is 0.314 e. The van der Waals surface area contributed by atoms with E-state index in [0.717, 1.165) is 16.5 Å². The second-order valence-electron chi connectivity index (χ2n) is 10.2. The summed E-state index contributed by atoms with van der Waals surface area (Å²) in [6.07, 6.45) is 5.16. The van der Waals surface area contributed by atoms with Gasteiger partial charge in [0.2, 0.25) is 12.3 Å². The van der Waals surface area contributed by atoms with Crippen molar-refractivity contribution in [2.75, 3.05) is 37.4 Å². The molecule has 4 heterocycles. The van der Waals surface area contributed by atoms with Crippen LogP contribution in [0.25, 0.3) is 33.5 Å². The van der Waals surface area contributed by atoms with Crippen molar-refractivity contribution in [3.63, 3.8) is 0 Å². The first-order valence-electron chi connectivity index (χ1n) is 13.9. The molecule has 2 aromatic carbocycles. The Balaban J connectivity index is 0.000000463. The van der Waals surface area contributed by atoms with Crippen LogP contribution >= 0.6 is 0 Å². The lowest BCUT2D eigenvalue weighted by Crippen LogP contribution is -2.24. The highest BCUT2D eigenvalue weighted by Gasteiger charge is 2.20. The number of benzene rings is 2. The molecule has 1 aliphatic rings. The van der Waals surface area contributed by atoms with Crippen molar-refractivity contribution >= 4 is 28.7 Å². The maximum absolute atomic E-state index is 15.3. The molecule has 2 N–H and O–H groups in total. The first-order valence-corrected chi connectivity index (χ1v) is 13.9. The number of amides is 1. The highest BCUT2D eigenvalue weighted by molar-refractivity contribution is 5.97. The standard InChI is InChI=1S/C25H19F3N6O2.C6H13N/c1-29-21-9-18(16-3-2-4-20-17(16)7-8-30-20)19(26)10-22(21)34(13-35)12-15-6-5-14(11-31-15)24-32-33-25(36-24)23(27)28;1-7-5-3-2-4-6-7/h2-11,13,23,29-30H,12H2,1H3;2-6H2,1H3. The molecule has 6 rings (SSSR count). The monoisotopic (exact) mass is 591 g/mol. The molecule has 5 aromatic rings. The van der Waals surface area contributed by atoms with Crippen LogP contribution < -0.4 is 10.2 Å². The Hall–Kier alpha value is -4.71. The Bertz CT molecular complexity index is 1660. The molecule has 1 fully saturated rings. The minimum Gasteiger partial charge on any atom is -0.415 e. The van der Waals surface area contributed by atoms with E-state index >= 15 is 4.39 Å². The van der Waals surface area contributed by atoms with Crippen LogP contribution in [0.5, 0.6) is 0 Å². The summed E-state index contributed by atoms with van der Waals surface area (Å²) in [5.41, 5.74) is 3.71. The van der Waals surface area contributed by atoms with Crippen LogP contribution in [0.3, 0.4) is 0 Å². The number of pyridine rings is 1. The third-order valence-corrected chi connectivity index (χ3v) is 7.29. The number of alkyl halides is 2. The third kappa shape index (κ3) is 6.86. The van der Waals surface area contributed by atoms with Gasteiger partial charge in [0.25, 0.3) is 5.89 Å². The number of hydrogen-bond donors (Lipinski definition) is 2. The quantitative estimate of drug-likeness (QED) is 0.195. The number of carbonyl (C=O) groups is 1. The number of carbonyl (C=O) groups excluding carboxylic acids is 1. The van der Waals surface area contributed by atoms with Crippen molar-refractivity contribution in [1.29, 1.82) is 0 Å². The number of nitrogens with zero attached hydrogens (tertiary/aromatic N) is 5. The number of hydrogen-bond acceptors (Lipinski definition) is 7. The molecule has 224 valence electrons. The topological polar surface area (TPSA) is 103 Å². The largest absolute Gasteiger partial charge is 0.415 e. The molecule has 0 saturated carbocycles. The van der Waals surface area contributed by atoms with E-state index in [-0.39, 0.29) is 12.4 Å². The number of anilines is 2. The van der Waals surface area contributed by atoms with Gasteiger partial charge in [0, 0.05) is 42.0 Å². The summed E-state index contributed by atoms with van der Waals surface area (Å²) in [5, 5.41) is 10.8. The Kier molecular flexibility index (Phi) is 9.35. The first-order chi connectivity index (χ1) is 20.9. The molecule has 0 bridgehead atoms. The van der Waals surface area contributed by atoms with Gasteiger partial charge in [0.1, 0.15) is 5.82 Å². The molecule has 12 heteroatoms. The van der Waals surface area contributed by atoms with Crippen LogP contribution in [0.4, 0.5) is 24.5 Å². The van der Waals surface area contributed by atoms with E-state index in [1.165, 1.54) is 49.5 Å². The van der Waals surface area contributed by atoms with Gasteiger partial charge in [-0.2, -0.15) is 8.78 Å². The average Bonchev–Trinajstić information content (AvgIpc) is 3.72. The highest BCUT2D eigenvalue weighted by atomic mass is 19.3. The fourth-order valence-electron chi connectivity index (χ4n) is 5.02. The summed E-state index contributed by atoms with van der Waals surface area (Å²) in [5.74, 6) is -1.36. The second kappa shape index (κ2) is 13.5. The number of likely N-dealkylation sites (tertiary alicyclic amines) is 1. The predicted octanol–water partition coefficient (Wildman–Crippen LogP) is 6.66. The molecule has 0 spiro atoms. The summed E-state index contributed by atoms with van der Waals surface area (Å²) in [4.78, 5) is 23.1. The van der Waals surface area contributed by atoms with Gasteiger partial charge >= 0.3 is 6.43 Å². The smallest absolute Gasteiger partial charge is 0.314 e. The summed E-state index contributed by atoms with van der Waals surface area (Å²) in [6, 6.07) is 13.6. The summed E-state index contributed by atoms with van der Waals surface area (Å²) >= 11 is 0. The molecular formula is C31H32F3N7O2. The van der Waals surface area contributed by atoms with Crippen molar-refractivity contribution < 1.29 is 22.4 Å². The first kappa shape index (κ1) is 29.8. The van der Waals surface area contributed by atoms with Crippen LogP contribution in [0, 0.1) is 5.82 Å². The number of aromatic amines is 1. The molecule has 1 aliphatic heterocycles. The van der Waals surface area contributed by atoms with Gasteiger partial charge in [-0.05, 0) is 68.9 Å². The zero-order chi connectivity index (χ0) is 30.3. The van der Waals surface area contributed by atoms with Crippen LogP contribution in [-0.2, 0) is 11.3 Å². The second-order valence-corrected chi connectivity index (χ2v) is 10.2. The molecule has 1 amide bonds. The van der Waals surface area contributed by atoms with Crippen molar-refractivity contribution in [3.05, 3.63) is 78.3 Å². The van der Waals surface area contributed by atoms with Crippen molar-refractivity contribution in [2.24, 2.45) is 0 Å². The number of H-pyrrole nitrogens is 1. The number of fused-ring (bicyclic) bond motifs is 1. The lowest BCUT2D eigenvalue weighted by molar-refractivity contribution is -0.107. The minimum absolute atomic E-state index is 0.0384. The summed E-state index contributed by atoms with van der Waals surface area (Å²) < 4.78 is 45.6. The van der Waals surface area contributed by atoms with Gasteiger partial charge in [-0.1, -0.05) is 18.6 Å². The van der Waals surface area contributed by atoms with Crippen LogP contribution in [0.1, 0.15) is 37.3 Å². The van der Waals surface area contributed by atoms with Gasteiger partial charge in [-0.3, -0.25) is 9.78 Å². The average molecular weight is 592 g/mol. The van der Waals surface area contributed by atoms with Gasteiger partial charge in [0.15, 0.2) is 0 Å². The minimum atomic E-state index is -2.87. The molecular weight excluding hydrogens is 559 g/mol. The lowest BCUT2D eigenvalue weighted by atomic mass is 9.99. The van der Waals surface area contributed by atoms with E-state index in [1.807, 2.05) is 24.3 Å². The van der Waals surface area contributed by atoms with Gasteiger partial charge < -0.3 is 24.5 Å². The number of piperidine rings is 1. The Morgan fingerprint density at radius 1 is 1.09 bits per heavy atom. The normalized spacial score (nSPS) is 13.5. The third-order valence-electron chi connectivity index (χ3n) is 7.29. The van der Waals surface area contributed by atoms with Gasteiger partial charge in [-0.25, -0.2) is 4.39 Å². The fraction of sp³-hybridized carbons (Fsp3) is 0.290. The fourth-order valence-corrected chi connectivity index (χ4v) is 5.02. The zero-order valence-corrected chi connectivity index (χ0v) is 23.9. The molecule has 43 heavy (non-hydrogen) atoms. The molecule has 1 saturated heterocycles. The van der Waals surface area contributed by atoms with Crippen LogP contribution in [0.15, 0.2) is 65.3 Å². The lowest BCUT2D eigenvalue weighted by Gasteiger charge is -2.22. The Labute approximate surface area is 246 Å². The molecule has 3 aromatic heterocycles. The van der Waals surface area contributed by atoms with E-state index in [0.29, 0.717) is 34.6 Å². The van der Waals surface area contributed by atoms with E-state index in [2.05, 4.69) is 37.4 Å². The van der Waals surface area contributed by atoms with Crippen molar-refractivity contribution in [3.8, 4) is 22.6 Å². The molecule has 0 aliphatic carbocycles. The Morgan fingerprint density at radius 2 is 1.91 bits per heavy atom. The Morgan fingerprint density at radius 3 is 2.53 bits per heavy atom. The van der Waals surface area contributed by atoms with Crippen LogP contribution in [0.2, 0.25) is 0 Å². The number of halogens is 3. The van der Waals surface area contributed by atoms with E-state index < -0.39 is 18.1 Å². The summed E-state index contributed by atoms with van der Waals surface area (Å²) in [7, 11) is 3.88. The highest BCUT2D eigenvalue weighted by Crippen LogP contribution is 2.37. The molecule has 9 nitrogen and oxygen atoms in total. The van der Waals surface area contributed by atoms with Crippen molar-refractivity contribution in [2.45, 2.75) is 32.2 Å². The predicted molar refractivity (Wildman–Crippen MR) is 159 cm³/mol. The summed E-state index contributed by atoms with van der Waals surface area (Å²) in [6.45, 7) is 2.68. The van der Waals surface area contributed by atoms with E-state index in [9.17, 15) is 13.6 Å². The van der Waals surface area contributed by atoms with Gasteiger partial charge in [0.05, 0.1) is 29.2 Å². The van der Waals surface area contributed by atoms with Gasteiger partial charge in [-0.15, -0.1) is 10.2 Å². The molecule has 0 atom stereocenters. The van der Waals surface area contributed by atoms with Crippen molar-refractivity contribution in [1.82, 2.24) is 25.1 Å². The van der Waals surface area contributed by atoms with E-state index in [1.54, 1.807) is 31.4 Å². The van der Waals surface area contributed by atoms with E-state index in [4.69, 9.17) is 4.42 Å². The molecule has 0 unspecified atom stereocenters. The maximum atomic E-state index is 15.3. The molecule has 0 radical (unpaired) electrons. The van der Waals surface area contributed by atoms with Crippen LogP contribution in [-0.4, -0.2) is 58.7 Å². The SMILES string of the molecule is CN1CCCCC1.CNc1cc(-c2cccc3[nH]ccc23)c(F)cc1N(C=O)Cc1ccc(-c2nnc(C(F)F)o2)cn1. The zero-order valence-electron chi connectivity index (χ0n) is 23.9.